The molecule has 0 aliphatic carbocycles. The van der Waals surface area contributed by atoms with Crippen molar-refractivity contribution in [1.29, 1.82) is 0 Å². The fourth-order valence-electron chi connectivity index (χ4n) is 4.38. The van der Waals surface area contributed by atoms with Gasteiger partial charge in [-0.2, -0.15) is 0 Å². The Hall–Kier alpha value is -2.58. The molecule has 2 N–H and O–H groups in total. The lowest BCUT2D eigenvalue weighted by molar-refractivity contribution is -0.125. The average Bonchev–Trinajstić information content (AvgIpc) is 3.04. The number of hydrogen-bond acceptors (Lipinski definition) is 7. The molecule has 1 aromatic carbocycles. The first kappa shape index (κ1) is 21.6. The maximum Gasteiger partial charge on any atom is 0.341 e. The van der Waals surface area contributed by atoms with Crippen molar-refractivity contribution >= 4 is 28.2 Å². The van der Waals surface area contributed by atoms with E-state index in [1.54, 1.807) is 19.1 Å². The molecular weight excluding hydrogens is 416 g/mol. The Kier molecular flexibility index (Phi) is 5.47. The third-order valence-electron chi connectivity index (χ3n) is 5.36. The van der Waals surface area contributed by atoms with Crippen molar-refractivity contribution in [3.8, 4) is 11.5 Å². The zero-order valence-corrected chi connectivity index (χ0v) is 19.3. The molecule has 2 aromatic rings. The maximum atomic E-state index is 13.0. The Labute approximate surface area is 186 Å². The number of amides is 1. The van der Waals surface area contributed by atoms with Crippen LogP contribution in [-0.2, 0) is 21.5 Å². The summed E-state index contributed by atoms with van der Waals surface area (Å²) in [5.41, 5.74) is 0.813. The first-order chi connectivity index (χ1) is 14.6. The van der Waals surface area contributed by atoms with E-state index in [0.717, 1.165) is 10.4 Å². The second-order valence-electron chi connectivity index (χ2n) is 9.00. The Morgan fingerprint density at radius 3 is 2.65 bits per heavy atom. The van der Waals surface area contributed by atoms with Gasteiger partial charge in [0.25, 0.3) is 5.91 Å². The van der Waals surface area contributed by atoms with Gasteiger partial charge in [0.1, 0.15) is 11.6 Å². The summed E-state index contributed by atoms with van der Waals surface area (Å²) in [6.45, 7) is 10.5. The van der Waals surface area contributed by atoms with Crippen molar-refractivity contribution in [2.24, 2.45) is 0 Å². The monoisotopic (exact) mass is 444 g/mol. The third kappa shape index (κ3) is 4.14. The molecule has 166 valence electrons. The van der Waals surface area contributed by atoms with Gasteiger partial charge in [0, 0.05) is 16.0 Å². The number of anilines is 1. The number of fused-ring (bicyclic) bond motifs is 2. The topological polar surface area (TPSA) is 85.9 Å². The van der Waals surface area contributed by atoms with Gasteiger partial charge in [-0.15, -0.1) is 11.3 Å². The van der Waals surface area contributed by atoms with Crippen LogP contribution in [-0.4, -0.2) is 36.7 Å². The van der Waals surface area contributed by atoms with Gasteiger partial charge in [0.05, 0.1) is 12.2 Å². The van der Waals surface area contributed by atoms with Gasteiger partial charge in [0.15, 0.2) is 11.5 Å². The van der Waals surface area contributed by atoms with E-state index in [9.17, 15) is 9.59 Å². The van der Waals surface area contributed by atoms with Crippen LogP contribution < -0.4 is 20.1 Å². The second kappa shape index (κ2) is 7.84. The van der Waals surface area contributed by atoms with Crippen molar-refractivity contribution in [1.82, 2.24) is 5.32 Å². The Bertz CT molecular complexity index is 1030. The minimum Gasteiger partial charge on any atom is -0.485 e. The molecule has 4 rings (SSSR count). The summed E-state index contributed by atoms with van der Waals surface area (Å²) in [6, 6.07) is 7.23. The van der Waals surface area contributed by atoms with E-state index in [1.165, 1.54) is 11.3 Å². The van der Waals surface area contributed by atoms with Crippen LogP contribution in [0.15, 0.2) is 24.3 Å². The second-order valence-corrected chi connectivity index (χ2v) is 10.0. The normalized spacial score (nSPS) is 20.5. The van der Waals surface area contributed by atoms with Crippen molar-refractivity contribution < 1.29 is 23.8 Å². The number of nitrogens with one attached hydrogen (secondary N) is 2. The average molecular weight is 445 g/mol. The summed E-state index contributed by atoms with van der Waals surface area (Å²) in [6.07, 6.45) is -0.158. The van der Waals surface area contributed by atoms with E-state index in [-0.39, 0.29) is 30.2 Å². The van der Waals surface area contributed by atoms with Gasteiger partial charge in [-0.25, -0.2) is 4.79 Å². The van der Waals surface area contributed by atoms with Crippen LogP contribution in [0, 0.1) is 0 Å². The number of ether oxygens (including phenoxy) is 3. The number of thiophene rings is 1. The molecule has 7 nitrogen and oxygen atoms in total. The number of benzene rings is 1. The van der Waals surface area contributed by atoms with Crippen molar-refractivity contribution in [2.45, 2.75) is 58.2 Å². The summed E-state index contributed by atoms with van der Waals surface area (Å²) < 4.78 is 16.8. The predicted molar refractivity (Wildman–Crippen MR) is 119 cm³/mol. The first-order valence-corrected chi connectivity index (χ1v) is 11.2. The van der Waals surface area contributed by atoms with Crippen molar-refractivity contribution in [3.63, 3.8) is 0 Å². The molecule has 2 aliphatic heterocycles. The molecule has 3 heterocycles. The molecule has 0 fully saturated rings. The van der Waals surface area contributed by atoms with Crippen LogP contribution in [0.3, 0.4) is 0 Å². The largest absolute Gasteiger partial charge is 0.485 e. The highest BCUT2D eigenvalue weighted by Crippen LogP contribution is 2.45. The molecule has 0 bridgehead atoms. The van der Waals surface area contributed by atoms with Crippen LogP contribution in [0.2, 0.25) is 0 Å². The lowest BCUT2D eigenvalue weighted by Crippen LogP contribution is -2.55. The molecular formula is C23H28N2O5S. The summed E-state index contributed by atoms with van der Waals surface area (Å²) in [5.74, 6) is 0.358. The number of rotatable bonds is 4. The Balaban J connectivity index is 1.66. The molecule has 0 saturated carbocycles. The number of hydrogen-bond donors (Lipinski definition) is 2. The van der Waals surface area contributed by atoms with Gasteiger partial charge in [-0.05, 0) is 58.7 Å². The van der Waals surface area contributed by atoms with Crippen LogP contribution in [0.5, 0.6) is 11.5 Å². The van der Waals surface area contributed by atoms with E-state index in [4.69, 9.17) is 14.2 Å². The smallest absolute Gasteiger partial charge is 0.341 e. The molecule has 0 spiro atoms. The van der Waals surface area contributed by atoms with Crippen molar-refractivity contribution in [3.05, 3.63) is 40.3 Å². The standard InChI is InChI=1S/C23H28N2O5S/c1-6-28-21(27)17-13-11-22(2,3)25-23(4,5)18(13)31-20(17)24-19(26)16-12-29-14-9-7-8-10-15(14)30-16/h7-10,16,25H,6,11-12H2,1-5H3,(H,24,26)/t16-/m1/s1. The minimum atomic E-state index is -0.813. The minimum absolute atomic E-state index is 0.1000. The summed E-state index contributed by atoms with van der Waals surface area (Å²) >= 11 is 1.41. The summed E-state index contributed by atoms with van der Waals surface area (Å²) in [5, 5.41) is 7.04. The van der Waals surface area contributed by atoms with Crippen LogP contribution in [0.4, 0.5) is 5.00 Å². The van der Waals surface area contributed by atoms with Crippen molar-refractivity contribution in [2.75, 3.05) is 18.5 Å². The van der Waals surface area contributed by atoms with E-state index in [0.29, 0.717) is 28.5 Å². The molecule has 1 aromatic heterocycles. The number of carbonyl (C=O) groups excluding carboxylic acids is 2. The molecule has 0 saturated heterocycles. The van der Waals surface area contributed by atoms with Crippen LogP contribution in [0.1, 0.15) is 55.4 Å². The number of para-hydroxylation sites is 2. The molecule has 0 unspecified atom stereocenters. The zero-order chi connectivity index (χ0) is 22.4. The van der Waals surface area contributed by atoms with E-state index in [1.807, 2.05) is 12.1 Å². The Morgan fingerprint density at radius 1 is 1.23 bits per heavy atom. The lowest BCUT2D eigenvalue weighted by atomic mass is 9.81. The van der Waals surface area contributed by atoms with Crippen LogP contribution >= 0.6 is 11.3 Å². The predicted octanol–water partition coefficient (Wildman–Crippen LogP) is 3.86. The number of carbonyl (C=O) groups is 2. The highest BCUT2D eigenvalue weighted by molar-refractivity contribution is 7.17. The SMILES string of the molecule is CCOC(=O)c1c(NC(=O)[C@H]2COc3ccccc3O2)sc2c1CC(C)(C)NC2(C)C. The quantitative estimate of drug-likeness (QED) is 0.697. The van der Waals surface area contributed by atoms with Gasteiger partial charge >= 0.3 is 5.97 Å². The van der Waals surface area contributed by atoms with E-state index in [2.05, 4.69) is 38.3 Å². The first-order valence-electron chi connectivity index (χ1n) is 10.4. The Morgan fingerprint density at radius 2 is 1.94 bits per heavy atom. The fourth-order valence-corrected chi connectivity index (χ4v) is 5.64. The zero-order valence-electron chi connectivity index (χ0n) is 18.5. The molecule has 2 aliphatic rings. The van der Waals surface area contributed by atoms with Gasteiger partial charge in [-0.3, -0.25) is 4.79 Å². The highest BCUT2D eigenvalue weighted by atomic mass is 32.1. The van der Waals surface area contributed by atoms with Crippen LogP contribution in [0.25, 0.3) is 0 Å². The highest BCUT2D eigenvalue weighted by Gasteiger charge is 2.42. The van der Waals surface area contributed by atoms with Gasteiger partial charge in [-0.1, -0.05) is 12.1 Å². The summed E-state index contributed by atoms with van der Waals surface area (Å²) in [4.78, 5) is 27.0. The number of esters is 1. The van der Waals surface area contributed by atoms with E-state index >= 15 is 0 Å². The molecule has 1 atom stereocenters. The summed E-state index contributed by atoms with van der Waals surface area (Å²) in [7, 11) is 0. The molecule has 1 amide bonds. The molecule has 8 heteroatoms. The molecule has 31 heavy (non-hydrogen) atoms. The lowest BCUT2D eigenvalue weighted by Gasteiger charge is -2.42. The fraction of sp³-hybridized carbons (Fsp3) is 0.478. The van der Waals surface area contributed by atoms with E-state index < -0.39 is 12.1 Å². The van der Waals surface area contributed by atoms with Gasteiger partial charge in [0.2, 0.25) is 6.10 Å². The third-order valence-corrected chi connectivity index (χ3v) is 6.83. The molecule has 0 radical (unpaired) electrons. The van der Waals surface area contributed by atoms with Gasteiger partial charge < -0.3 is 24.8 Å². The maximum absolute atomic E-state index is 13.0.